The van der Waals surface area contributed by atoms with Gasteiger partial charge in [-0.1, -0.05) is 66.1 Å². The fraction of sp³-hybridized carbons (Fsp3) is 0.788. The summed E-state index contributed by atoms with van der Waals surface area (Å²) in [7, 11) is 1.54. The highest BCUT2D eigenvalue weighted by Gasteiger charge is 2.59. The van der Waals surface area contributed by atoms with Gasteiger partial charge in [0.15, 0.2) is 5.78 Å². The lowest BCUT2D eigenvalue weighted by Crippen LogP contribution is -2.53. The Morgan fingerprint density at radius 3 is 2.45 bits per heavy atom. The molecule has 1 aromatic heterocycles. The predicted molar refractivity (Wildman–Crippen MR) is 151 cm³/mol. The average Bonchev–Trinajstić information content (AvgIpc) is 3.28. The van der Waals surface area contributed by atoms with Crippen LogP contribution < -0.4 is 0 Å². The number of ether oxygens (including phenoxy) is 1. The Hall–Kier alpha value is -1.91. The van der Waals surface area contributed by atoms with Crippen molar-refractivity contribution in [2.75, 3.05) is 7.11 Å². The van der Waals surface area contributed by atoms with Crippen LogP contribution in [-0.2, 0) is 20.7 Å². The van der Waals surface area contributed by atoms with Crippen molar-refractivity contribution in [3.05, 3.63) is 29.2 Å². The number of hydrogen-bond donors (Lipinski definition) is 0. The fourth-order valence-corrected chi connectivity index (χ4v) is 9.07. The minimum atomic E-state index is -0.444. The van der Waals surface area contributed by atoms with Crippen LogP contribution >= 0.6 is 0 Å². The molecule has 2 fully saturated rings. The molecule has 2 saturated carbocycles. The number of hydrogen-bond acceptors (Lipinski definition) is 5. The Labute approximate surface area is 230 Å². The zero-order chi connectivity index (χ0) is 28.3. The average molecular weight is 526 g/mol. The summed E-state index contributed by atoms with van der Waals surface area (Å²) in [5.74, 6) is 2.03. The number of carbonyl (C=O) groups excluding carboxylic acids is 2. The van der Waals surface area contributed by atoms with Gasteiger partial charge in [0.25, 0.3) is 0 Å². The van der Waals surface area contributed by atoms with Gasteiger partial charge in [-0.15, -0.1) is 0 Å². The van der Waals surface area contributed by atoms with Crippen LogP contribution in [0.25, 0.3) is 0 Å². The first-order valence-corrected chi connectivity index (χ1v) is 14.8. The standard InChI is InChI=1S/C33H51NO4/c1-21-18-29(4,5)13-15-33(21,28(36)37-10)16-14-30(6,7)32(9)12-11-25-23(3)27-24(20-34-38-27)19-31(25,8)26(32)17-22(2)35/h17,20-21,23,25H,11-16,18-19H2,1-10H3/b26-17-/t21?,23-,25-,31-,32+,33-/m0/s1. The van der Waals surface area contributed by atoms with Crippen LogP contribution in [0.4, 0.5) is 0 Å². The molecule has 0 aliphatic heterocycles. The van der Waals surface area contributed by atoms with E-state index in [0.717, 1.165) is 57.1 Å². The van der Waals surface area contributed by atoms with E-state index < -0.39 is 5.41 Å². The first kappa shape index (κ1) is 29.1. The maximum Gasteiger partial charge on any atom is 0.312 e. The number of allylic oxidation sites excluding steroid dienone is 2. The summed E-state index contributed by atoms with van der Waals surface area (Å²) in [6.07, 6.45) is 11.5. The maximum atomic E-state index is 13.4. The molecule has 3 aliphatic rings. The Morgan fingerprint density at radius 1 is 1.16 bits per heavy atom. The van der Waals surface area contributed by atoms with Gasteiger partial charge in [0.05, 0.1) is 18.7 Å². The van der Waals surface area contributed by atoms with Crippen LogP contribution in [0.2, 0.25) is 0 Å². The number of methoxy groups -OCH3 is 1. The topological polar surface area (TPSA) is 69.4 Å². The van der Waals surface area contributed by atoms with Gasteiger partial charge in [-0.25, -0.2) is 0 Å². The van der Waals surface area contributed by atoms with E-state index in [9.17, 15) is 9.59 Å². The largest absolute Gasteiger partial charge is 0.469 e. The van der Waals surface area contributed by atoms with E-state index in [1.165, 1.54) is 11.1 Å². The van der Waals surface area contributed by atoms with Gasteiger partial charge in [0, 0.05) is 11.5 Å². The Bertz CT molecular complexity index is 1110. The normalized spacial score (nSPS) is 37.8. The lowest BCUT2D eigenvalue weighted by atomic mass is 9.43. The quantitative estimate of drug-likeness (QED) is 0.277. The van der Waals surface area contributed by atoms with Gasteiger partial charge in [-0.3, -0.25) is 9.59 Å². The first-order valence-electron chi connectivity index (χ1n) is 14.8. The molecule has 1 heterocycles. The third kappa shape index (κ3) is 4.50. The van der Waals surface area contributed by atoms with Gasteiger partial charge in [0.1, 0.15) is 5.76 Å². The Balaban J connectivity index is 1.70. The summed E-state index contributed by atoms with van der Waals surface area (Å²) in [6.45, 7) is 20.3. The number of esters is 1. The molecule has 6 atom stereocenters. The monoisotopic (exact) mass is 525 g/mol. The summed E-state index contributed by atoms with van der Waals surface area (Å²) in [5.41, 5.74) is 1.83. The fourth-order valence-electron chi connectivity index (χ4n) is 9.07. The summed E-state index contributed by atoms with van der Waals surface area (Å²) >= 11 is 0. The van der Waals surface area contributed by atoms with Crippen LogP contribution in [-0.4, -0.2) is 24.0 Å². The van der Waals surface area contributed by atoms with E-state index in [-0.39, 0.29) is 45.2 Å². The molecule has 4 rings (SSSR count). The van der Waals surface area contributed by atoms with Crippen molar-refractivity contribution >= 4 is 11.8 Å². The van der Waals surface area contributed by atoms with Gasteiger partial charge in [-0.2, -0.15) is 0 Å². The second-order valence-corrected chi connectivity index (χ2v) is 15.0. The van der Waals surface area contributed by atoms with Crippen molar-refractivity contribution < 1.29 is 18.8 Å². The zero-order valence-corrected chi connectivity index (χ0v) is 25.6. The van der Waals surface area contributed by atoms with E-state index >= 15 is 0 Å². The van der Waals surface area contributed by atoms with E-state index in [4.69, 9.17) is 9.26 Å². The maximum absolute atomic E-state index is 13.4. The van der Waals surface area contributed by atoms with Crippen molar-refractivity contribution in [2.45, 2.75) is 120 Å². The highest BCUT2D eigenvalue weighted by molar-refractivity contribution is 5.88. The molecule has 1 aromatic rings. The molecule has 3 aliphatic carbocycles. The van der Waals surface area contributed by atoms with Crippen LogP contribution in [0.1, 0.15) is 125 Å². The number of nitrogens with zero attached hydrogens (tertiary/aromatic N) is 1. The third-order valence-corrected chi connectivity index (χ3v) is 11.9. The molecule has 0 radical (unpaired) electrons. The van der Waals surface area contributed by atoms with E-state index in [2.05, 4.69) is 60.5 Å². The molecule has 1 unspecified atom stereocenters. The van der Waals surface area contributed by atoms with Crippen molar-refractivity contribution in [2.24, 2.45) is 38.9 Å². The van der Waals surface area contributed by atoms with Crippen molar-refractivity contribution in [3.63, 3.8) is 0 Å². The summed E-state index contributed by atoms with van der Waals surface area (Å²) in [5, 5.41) is 4.14. The molecule has 0 aromatic carbocycles. The number of rotatable bonds is 6. The molecular formula is C33H51NO4. The predicted octanol–water partition coefficient (Wildman–Crippen LogP) is 8.08. The number of ketones is 1. The van der Waals surface area contributed by atoms with E-state index in [1.54, 1.807) is 14.0 Å². The van der Waals surface area contributed by atoms with Crippen LogP contribution in [0, 0.1) is 38.9 Å². The molecule has 5 heteroatoms. The molecule has 5 nitrogen and oxygen atoms in total. The lowest BCUT2D eigenvalue weighted by molar-refractivity contribution is -0.162. The Kier molecular flexibility index (Phi) is 7.37. The SMILES string of the molecule is COC(=O)[C@]1(CCC(C)(C)[C@]2(C)CC[C@H]3[C@H](C)c4oncc4C[C@]3(C)/C2=C/C(C)=O)CCC(C)(C)CC1C. The molecule has 0 amide bonds. The highest BCUT2D eigenvalue weighted by atomic mass is 16.5. The van der Waals surface area contributed by atoms with Crippen LogP contribution in [0.15, 0.2) is 22.4 Å². The zero-order valence-electron chi connectivity index (χ0n) is 25.6. The second-order valence-electron chi connectivity index (χ2n) is 15.0. The van der Waals surface area contributed by atoms with E-state index in [1.807, 2.05) is 12.3 Å². The summed E-state index contributed by atoms with van der Waals surface area (Å²) in [6, 6.07) is 0. The molecule has 212 valence electrons. The molecule has 0 bridgehead atoms. The minimum Gasteiger partial charge on any atom is -0.469 e. The van der Waals surface area contributed by atoms with Gasteiger partial charge in [-0.05, 0) is 97.9 Å². The molecular weight excluding hydrogens is 474 g/mol. The number of fused-ring (bicyclic) bond motifs is 2. The second kappa shape index (κ2) is 9.63. The third-order valence-electron chi connectivity index (χ3n) is 11.9. The highest BCUT2D eigenvalue weighted by Crippen LogP contribution is 2.67. The van der Waals surface area contributed by atoms with Crippen molar-refractivity contribution in [3.8, 4) is 0 Å². The van der Waals surface area contributed by atoms with Crippen LogP contribution in [0.3, 0.4) is 0 Å². The summed E-state index contributed by atoms with van der Waals surface area (Å²) in [4.78, 5) is 26.1. The first-order chi connectivity index (χ1) is 17.5. The minimum absolute atomic E-state index is 0.0438. The Morgan fingerprint density at radius 2 is 1.84 bits per heavy atom. The van der Waals surface area contributed by atoms with Crippen LogP contribution in [0.5, 0.6) is 0 Å². The van der Waals surface area contributed by atoms with Crippen molar-refractivity contribution in [1.82, 2.24) is 5.16 Å². The van der Waals surface area contributed by atoms with Crippen molar-refractivity contribution in [1.29, 1.82) is 0 Å². The van der Waals surface area contributed by atoms with Gasteiger partial charge >= 0.3 is 5.97 Å². The smallest absolute Gasteiger partial charge is 0.312 e. The van der Waals surface area contributed by atoms with Gasteiger partial charge < -0.3 is 9.26 Å². The molecule has 0 saturated heterocycles. The molecule has 0 spiro atoms. The van der Waals surface area contributed by atoms with E-state index in [0.29, 0.717) is 5.92 Å². The number of aromatic nitrogens is 1. The molecule has 38 heavy (non-hydrogen) atoms. The molecule has 0 N–H and O–H groups in total. The number of carbonyl (C=O) groups is 2. The van der Waals surface area contributed by atoms with Gasteiger partial charge in [0.2, 0.25) is 0 Å². The summed E-state index contributed by atoms with van der Waals surface area (Å²) < 4.78 is 11.1. The lowest BCUT2D eigenvalue weighted by Gasteiger charge is -2.60.